The SMILES string of the molecule is COc1cc(NCc2cccc(OC(C)C)c2)ccc1Cl. The van der Waals surface area contributed by atoms with E-state index >= 15 is 0 Å². The van der Waals surface area contributed by atoms with Gasteiger partial charge in [0.2, 0.25) is 0 Å². The van der Waals surface area contributed by atoms with Crippen LogP contribution in [0.2, 0.25) is 5.02 Å². The van der Waals surface area contributed by atoms with Crippen molar-refractivity contribution in [3.63, 3.8) is 0 Å². The first kappa shape index (κ1) is 15.5. The molecular formula is C17H20ClNO2. The minimum absolute atomic E-state index is 0.175. The molecule has 2 aromatic rings. The van der Waals surface area contributed by atoms with Crippen molar-refractivity contribution in [1.29, 1.82) is 0 Å². The first-order valence-electron chi connectivity index (χ1n) is 6.91. The number of hydrogen-bond acceptors (Lipinski definition) is 3. The molecule has 0 heterocycles. The van der Waals surface area contributed by atoms with E-state index in [1.807, 2.05) is 50.2 Å². The zero-order valence-corrected chi connectivity index (χ0v) is 13.3. The molecule has 112 valence electrons. The van der Waals surface area contributed by atoms with E-state index in [1.54, 1.807) is 7.11 Å². The van der Waals surface area contributed by atoms with E-state index in [2.05, 4.69) is 11.4 Å². The number of anilines is 1. The summed E-state index contributed by atoms with van der Waals surface area (Å²) >= 11 is 6.01. The fraction of sp³-hybridized carbons (Fsp3) is 0.294. The number of rotatable bonds is 6. The third-order valence-electron chi connectivity index (χ3n) is 2.92. The van der Waals surface area contributed by atoms with Crippen LogP contribution in [0, 0.1) is 0 Å². The van der Waals surface area contributed by atoms with Gasteiger partial charge in [0.25, 0.3) is 0 Å². The average molecular weight is 306 g/mol. The van der Waals surface area contributed by atoms with E-state index in [-0.39, 0.29) is 6.10 Å². The van der Waals surface area contributed by atoms with Gasteiger partial charge in [-0.2, -0.15) is 0 Å². The van der Waals surface area contributed by atoms with Gasteiger partial charge >= 0.3 is 0 Å². The molecule has 0 saturated carbocycles. The third kappa shape index (κ3) is 4.57. The van der Waals surface area contributed by atoms with Crippen molar-refractivity contribution in [3.8, 4) is 11.5 Å². The van der Waals surface area contributed by atoms with Crippen molar-refractivity contribution < 1.29 is 9.47 Å². The highest BCUT2D eigenvalue weighted by atomic mass is 35.5. The maximum absolute atomic E-state index is 6.01. The van der Waals surface area contributed by atoms with Gasteiger partial charge in [-0.1, -0.05) is 23.7 Å². The van der Waals surface area contributed by atoms with Crippen LogP contribution in [0.25, 0.3) is 0 Å². The molecule has 2 aromatic carbocycles. The van der Waals surface area contributed by atoms with Gasteiger partial charge in [-0.25, -0.2) is 0 Å². The number of halogens is 1. The number of hydrogen-bond donors (Lipinski definition) is 1. The van der Waals surface area contributed by atoms with Crippen LogP contribution in [-0.2, 0) is 6.54 Å². The van der Waals surface area contributed by atoms with Crippen LogP contribution in [0.4, 0.5) is 5.69 Å². The van der Waals surface area contributed by atoms with E-state index < -0.39 is 0 Å². The summed E-state index contributed by atoms with van der Waals surface area (Å²) in [5.74, 6) is 1.55. The largest absolute Gasteiger partial charge is 0.495 e. The van der Waals surface area contributed by atoms with Crippen LogP contribution >= 0.6 is 11.6 Å². The van der Waals surface area contributed by atoms with Crippen molar-refractivity contribution >= 4 is 17.3 Å². The molecule has 0 aliphatic rings. The van der Waals surface area contributed by atoms with Gasteiger partial charge in [-0.3, -0.25) is 0 Å². The van der Waals surface area contributed by atoms with E-state index in [1.165, 1.54) is 0 Å². The van der Waals surface area contributed by atoms with Crippen LogP contribution in [0.3, 0.4) is 0 Å². The lowest BCUT2D eigenvalue weighted by Crippen LogP contribution is -2.06. The van der Waals surface area contributed by atoms with Crippen LogP contribution < -0.4 is 14.8 Å². The lowest BCUT2D eigenvalue weighted by atomic mass is 10.2. The predicted octanol–water partition coefficient (Wildman–Crippen LogP) is 4.75. The molecule has 1 N–H and O–H groups in total. The van der Waals surface area contributed by atoms with Crippen molar-refractivity contribution in [2.45, 2.75) is 26.5 Å². The molecule has 4 heteroatoms. The van der Waals surface area contributed by atoms with Gasteiger partial charge in [-0.05, 0) is 43.7 Å². The van der Waals surface area contributed by atoms with Crippen LogP contribution in [0.5, 0.6) is 11.5 Å². The molecule has 0 amide bonds. The van der Waals surface area contributed by atoms with Gasteiger partial charge < -0.3 is 14.8 Å². The highest BCUT2D eigenvalue weighted by Crippen LogP contribution is 2.27. The molecule has 0 aliphatic carbocycles. The molecule has 0 saturated heterocycles. The van der Waals surface area contributed by atoms with Crippen molar-refractivity contribution in [3.05, 3.63) is 53.1 Å². The zero-order chi connectivity index (χ0) is 15.2. The summed E-state index contributed by atoms with van der Waals surface area (Å²) in [6.45, 7) is 4.75. The topological polar surface area (TPSA) is 30.5 Å². The number of methoxy groups -OCH3 is 1. The summed E-state index contributed by atoms with van der Waals surface area (Å²) in [5, 5.41) is 3.96. The fourth-order valence-electron chi connectivity index (χ4n) is 1.97. The fourth-order valence-corrected chi connectivity index (χ4v) is 2.17. The molecule has 0 spiro atoms. The first-order valence-corrected chi connectivity index (χ1v) is 7.29. The Balaban J connectivity index is 2.02. The quantitative estimate of drug-likeness (QED) is 0.835. The maximum atomic E-state index is 6.01. The molecule has 0 bridgehead atoms. The second kappa shape index (κ2) is 7.23. The molecule has 0 atom stereocenters. The Morgan fingerprint density at radius 3 is 2.67 bits per heavy atom. The lowest BCUT2D eigenvalue weighted by molar-refractivity contribution is 0.242. The van der Waals surface area contributed by atoms with Gasteiger partial charge in [-0.15, -0.1) is 0 Å². The van der Waals surface area contributed by atoms with Crippen molar-refractivity contribution in [1.82, 2.24) is 0 Å². The Morgan fingerprint density at radius 1 is 1.14 bits per heavy atom. The number of ether oxygens (including phenoxy) is 2. The van der Waals surface area contributed by atoms with E-state index in [4.69, 9.17) is 21.1 Å². The van der Waals surface area contributed by atoms with E-state index in [0.29, 0.717) is 17.3 Å². The predicted molar refractivity (Wildman–Crippen MR) is 87.5 cm³/mol. The van der Waals surface area contributed by atoms with Gasteiger partial charge in [0.05, 0.1) is 18.2 Å². The normalized spacial score (nSPS) is 10.5. The van der Waals surface area contributed by atoms with E-state index in [0.717, 1.165) is 17.0 Å². The summed E-state index contributed by atoms with van der Waals surface area (Å²) in [6.07, 6.45) is 0.175. The number of nitrogens with one attached hydrogen (secondary N) is 1. The van der Waals surface area contributed by atoms with Gasteiger partial charge in [0.1, 0.15) is 11.5 Å². The Hall–Kier alpha value is -1.87. The van der Waals surface area contributed by atoms with Crippen LogP contribution in [0.15, 0.2) is 42.5 Å². The molecule has 3 nitrogen and oxygen atoms in total. The maximum Gasteiger partial charge on any atom is 0.139 e. The monoisotopic (exact) mass is 305 g/mol. The molecule has 0 aromatic heterocycles. The Morgan fingerprint density at radius 2 is 1.95 bits per heavy atom. The standard InChI is InChI=1S/C17H20ClNO2/c1-12(2)21-15-6-4-5-13(9-15)11-19-14-7-8-16(18)17(10-14)20-3/h4-10,12,19H,11H2,1-3H3. The second-order valence-electron chi connectivity index (χ2n) is 5.02. The summed E-state index contributed by atoms with van der Waals surface area (Å²) in [6, 6.07) is 13.7. The zero-order valence-electron chi connectivity index (χ0n) is 12.5. The smallest absolute Gasteiger partial charge is 0.139 e. The molecular weight excluding hydrogens is 286 g/mol. The van der Waals surface area contributed by atoms with Gasteiger partial charge in [0.15, 0.2) is 0 Å². The Kier molecular flexibility index (Phi) is 5.34. The number of benzene rings is 2. The molecule has 2 rings (SSSR count). The highest BCUT2D eigenvalue weighted by Gasteiger charge is 2.03. The summed E-state index contributed by atoms with van der Waals surface area (Å²) < 4.78 is 10.9. The Bertz CT molecular complexity index is 599. The Labute approximate surface area is 130 Å². The highest BCUT2D eigenvalue weighted by molar-refractivity contribution is 6.32. The van der Waals surface area contributed by atoms with Crippen molar-refractivity contribution in [2.24, 2.45) is 0 Å². The molecule has 0 radical (unpaired) electrons. The minimum atomic E-state index is 0.175. The molecule has 0 aliphatic heterocycles. The molecule has 0 unspecified atom stereocenters. The van der Waals surface area contributed by atoms with Gasteiger partial charge in [0, 0.05) is 18.3 Å². The third-order valence-corrected chi connectivity index (χ3v) is 3.23. The van der Waals surface area contributed by atoms with Crippen molar-refractivity contribution in [2.75, 3.05) is 12.4 Å². The lowest BCUT2D eigenvalue weighted by Gasteiger charge is -2.12. The van der Waals surface area contributed by atoms with Crippen LogP contribution in [0.1, 0.15) is 19.4 Å². The molecule has 0 fully saturated rings. The average Bonchev–Trinajstić information content (AvgIpc) is 2.46. The summed E-state index contributed by atoms with van der Waals surface area (Å²) in [7, 11) is 1.61. The van der Waals surface area contributed by atoms with Crippen LogP contribution in [-0.4, -0.2) is 13.2 Å². The first-order chi connectivity index (χ1) is 10.1. The summed E-state index contributed by atoms with van der Waals surface area (Å²) in [5.41, 5.74) is 2.12. The summed E-state index contributed by atoms with van der Waals surface area (Å²) in [4.78, 5) is 0. The second-order valence-corrected chi connectivity index (χ2v) is 5.42. The molecule has 21 heavy (non-hydrogen) atoms. The van der Waals surface area contributed by atoms with E-state index in [9.17, 15) is 0 Å². The minimum Gasteiger partial charge on any atom is -0.495 e.